The Labute approximate surface area is 161 Å². The van der Waals surface area contributed by atoms with Gasteiger partial charge in [0.2, 0.25) is 0 Å². The smallest absolute Gasteiger partial charge is 0.340 e. The summed E-state index contributed by atoms with van der Waals surface area (Å²) in [5.41, 5.74) is 1.91. The summed E-state index contributed by atoms with van der Waals surface area (Å²) >= 11 is 0. The number of urea groups is 1. The molecule has 2 aliphatic rings. The van der Waals surface area contributed by atoms with Gasteiger partial charge in [0.25, 0.3) is 0 Å². The lowest BCUT2D eigenvalue weighted by molar-refractivity contribution is 0.179. The first-order valence-electron chi connectivity index (χ1n) is 9.84. The maximum absolute atomic E-state index is 13.0. The van der Waals surface area contributed by atoms with Gasteiger partial charge in [-0.3, -0.25) is 4.98 Å². The van der Waals surface area contributed by atoms with Crippen molar-refractivity contribution >= 4 is 16.9 Å². The van der Waals surface area contributed by atoms with Crippen LogP contribution in [0.15, 0.2) is 35.3 Å². The number of nitrogens with one attached hydrogen (secondary N) is 3. The fourth-order valence-electron chi connectivity index (χ4n) is 4.67. The van der Waals surface area contributed by atoms with E-state index in [1.807, 2.05) is 24.1 Å². The van der Waals surface area contributed by atoms with Crippen LogP contribution in [0.2, 0.25) is 0 Å². The number of carbonyl (C=O) groups is 1. The van der Waals surface area contributed by atoms with Crippen molar-refractivity contribution in [2.45, 2.75) is 31.8 Å². The normalized spacial score (nSPS) is 22.1. The van der Waals surface area contributed by atoms with Crippen molar-refractivity contribution in [1.82, 2.24) is 30.0 Å². The number of benzene rings is 1. The number of rotatable bonds is 4. The molecule has 0 radical (unpaired) electrons. The molecule has 3 N–H and O–H groups in total. The first kappa shape index (κ1) is 17.1. The van der Waals surface area contributed by atoms with Crippen molar-refractivity contribution in [2.75, 3.05) is 6.54 Å². The second-order valence-electron chi connectivity index (χ2n) is 7.93. The number of amides is 2. The lowest BCUT2D eigenvalue weighted by atomic mass is 9.94. The van der Waals surface area contributed by atoms with Crippen molar-refractivity contribution in [1.29, 1.82) is 0 Å². The third-order valence-electron chi connectivity index (χ3n) is 6.14. The highest BCUT2D eigenvalue weighted by molar-refractivity contribution is 5.84. The Hall–Kier alpha value is -3.03. The molecule has 2 unspecified atom stereocenters. The number of hydrogen-bond acceptors (Lipinski definition) is 3. The summed E-state index contributed by atoms with van der Waals surface area (Å²) in [5.74, 6) is 1.56. The Morgan fingerprint density at radius 1 is 1.29 bits per heavy atom. The number of aromatic nitrogens is 4. The van der Waals surface area contributed by atoms with Gasteiger partial charge in [-0.25, -0.2) is 14.7 Å². The summed E-state index contributed by atoms with van der Waals surface area (Å²) in [4.78, 5) is 29.2. The Morgan fingerprint density at radius 2 is 2.11 bits per heavy atom. The molecule has 1 saturated carbocycles. The SMILES string of the molecule is Cn1cc(CNC(=O)N2CCC(C3CC3)C2c2n[nH]c(=O)[nH]2)c2ccccc21. The lowest BCUT2D eigenvalue weighted by Gasteiger charge is -2.26. The topological polar surface area (TPSA) is 98.8 Å². The van der Waals surface area contributed by atoms with Gasteiger partial charge in [-0.1, -0.05) is 18.2 Å². The molecule has 1 aliphatic heterocycles. The van der Waals surface area contributed by atoms with Crippen LogP contribution in [0.5, 0.6) is 0 Å². The molecule has 0 bridgehead atoms. The third kappa shape index (κ3) is 2.89. The van der Waals surface area contributed by atoms with E-state index < -0.39 is 0 Å². The molecule has 3 aromatic rings. The van der Waals surface area contributed by atoms with Crippen LogP contribution in [-0.4, -0.2) is 37.2 Å². The first-order chi connectivity index (χ1) is 13.6. The van der Waals surface area contributed by atoms with E-state index in [1.54, 1.807) is 0 Å². The molecule has 2 amide bonds. The Morgan fingerprint density at radius 3 is 2.86 bits per heavy atom. The zero-order chi connectivity index (χ0) is 19.3. The van der Waals surface area contributed by atoms with Gasteiger partial charge in [0, 0.05) is 37.2 Å². The van der Waals surface area contributed by atoms with Crippen LogP contribution in [0, 0.1) is 11.8 Å². The van der Waals surface area contributed by atoms with Crippen molar-refractivity contribution in [3.8, 4) is 0 Å². The van der Waals surface area contributed by atoms with Crippen LogP contribution in [0.3, 0.4) is 0 Å². The lowest BCUT2D eigenvalue weighted by Crippen LogP contribution is -2.40. The largest absolute Gasteiger partial charge is 0.350 e. The molecular formula is C20H24N6O2. The molecule has 8 heteroatoms. The van der Waals surface area contributed by atoms with Gasteiger partial charge in [-0.05, 0) is 42.7 Å². The van der Waals surface area contributed by atoms with E-state index in [0.717, 1.165) is 22.9 Å². The number of para-hydroxylation sites is 1. The number of aryl methyl sites for hydroxylation is 1. The van der Waals surface area contributed by atoms with Crippen molar-refractivity contribution in [3.63, 3.8) is 0 Å². The molecule has 28 heavy (non-hydrogen) atoms. The second kappa shape index (κ2) is 6.54. The van der Waals surface area contributed by atoms with Crippen LogP contribution in [0.25, 0.3) is 10.9 Å². The standard InChI is InChI=1S/C20H24N6O2/c1-25-11-13(14-4-2-3-5-16(14)25)10-21-20(28)26-9-8-15(12-6-7-12)17(26)18-22-19(27)24-23-18/h2-5,11-12,15,17H,6-10H2,1H3,(H,21,28)(H2,22,23,24,27). The molecular weight excluding hydrogens is 356 g/mol. The molecule has 146 valence electrons. The molecule has 3 heterocycles. The Bertz CT molecular complexity index is 1080. The van der Waals surface area contributed by atoms with Gasteiger partial charge >= 0.3 is 11.7 Å². The fraction of sp³-hybridized carbons (Fsp3) is 0.450. The monoisotopic (exact) mass is 380 g/mol. The van der Waals surface area contributed by atoms with E-state index >= 15 is 0 Å². The first-order valence-corrected chi connectivity index (χ1v) is 9.84. The number of nitrogens with zero attached hydrogens (tertiary/aromatic N) is 3. The molecule has 8 nitrogen and oxygen atoms in total. The molecule has 2 atom stereocenters. The van der Waals surface area contributed by atoms with Crippen LogP contribution in [0.4, 0.5) is 4.79 Å². The zero-order valence-electron chi connectivity index (χ0n) is 15.8. The van der Waals surface area contributed by atoms with E-state index in [2.05, 4.69) is 43.4 Å². The van der Waals surface area contributed by atoms with E-state index in [4.69, 9.17) is 0 Å². The van der Waals surface area contributed by atoms with Gasteiger partial charge in [-0.15, -0.1) is 0 Å². The highest BCUT2D eigenvalue weighted by Crippen LogP contribution is 2.49. The number of hydrogen-bond donors (Lipinski definition) is 3. The minimum absolute atomic E-state index is 0.107. The van der Waals surface area contributed by atoms with Crippen LogP contribution in [-0.2, 0) is 13.6 Å². The summed E-state index contributed by atoms with van der Waals surface area (Å²) in [6.45, 7) is 1.15. The Kier molecular flexibility index (Phi) is 3.99. The van der Waals surface area contributed by atoms with Crippen LogP contribution < -0.4 is 11.0 Å². The van der Waals surface area contributed by atoms with Gasteiger partial charge in [-0.2, -0.15) is 5.10 Å². The number of carbonyl (C=O) groups excluding carboxylic acids is 1. The van der Waals surface area contributed by atoms with Gasteiger partial charge < -0.3 is 14.8 Å². The summed E-state index contributed by atoms with van der Waals surface area (Å²) in [5, 5.41) is 10.8. The minimum atomic E-state index is -0.326. The highest BCUT2D eigenvalue weighted by atomic mass is 16.2. The number of H-pyrrole nitrogens is 2. The predicted octanol–water partition coefficient (Wildman–Crippen LogP) is 2.27. The van der Waals surface area contributed by atoms with E-state index in [9.17, 15) is 9.59 Å². The average molecular weight is 380 g/mol. The van der Waals surface area contributed by atoms with E-state index in [1.165, 1.54) is 12.8 Å². The van der Waals surface area contributed by atoms with Gasteiger partial charge in [0.15, 0.2) is 5.82 Å². The molecule has 5 rings (SSSR count). The summed E-state index contributed by atoms with van der Waals surface area (Å²) in [6.07, 6.45) is 5.40. The highest BCUT2D eigenvalue weighted by Gasteiger charge is 2.46. The molecule has 1 aromatic carbocycles. The number of aromatic amines is 2. The van der Waals surface area contributed by atoms with Crippen LogP contribution in [0.1, 0.15) is 36.7 Å². The van der Waals surface area contributed by atoms with Crippen molar-refractivity contribution in [2.24, 2.45) is 18.9 Å². The average Bonchev–Trinajstić information content (AvgIpc) is 3.16. The molecule has 0 spiro atoms. The van der Waals surface area contributed by atoms with Crippen LogP contribution >= 0.6 is 0 Å². The summed E-state index contributed by atoms with van der Waals surface area (Å²) in [7, 11) is 2.01. The predicted molar refractivity (Wildman–Crippen MR) is 105 cm³/mol. The fourth-order valence-corrected chi connectivity index (χ4v) is 4.67. The minimum Gasteiger partial charge on any atom is -0.350 e. The number of fused-ring (bicyclic) bond motifs is 1. The molecule has 1 saturated heterocycles. The zero-order valence-corrected chi connectivity index (χ0v) is 15.8. The van der Waals surface area contributed by atoms with Gasteiger partial charge in [0.1, 0.15) is 0 Å². The molecule has 2 fully saturated rings. The van der Waals surface area contributed by atoms with E-state index in [0.29, 0.717) is 30.7 Å². The maximum atomic E-state index is 13.0. The van der Waals surface area contributed by atoms with Crippen molar-refractivity contribution < 1.29 is 4.79 Å². The summed E-state index contributed by atoms with van der Waals surface area (Å²) < 4.78 is 2.08. The number of likely N-dealkylation sites (tertiary alicyclic amines) is 1. The van der Waals surface area contributed by atoms with E-state index in [-0.39, 0.29) is 17.8 Å². The molecule has 1 aliphatic carbocycles. The summed E-state index contributed by atoms with van der Waals surface area (Å²) in [6, 6.07) is 7.91. The van der Waals surface area contributed by atoms with Crippen molar-refractivity contribution in [3.05, 3.63) is 52.3 Å². The molecule has 2 aromatic heterocycles. The third-order valence-corrected chi connectivity index (χ3v) is 6.14. The maximum Gasteiger partial charge on any atom is 0.340 e. The van der Waals surface area contributed by atoms with Gasteiger partial charge in [0.05, 0.1) is 6.04 Å². The second-order valence-corrected chi connectivity index (χ2v) is 7.93. The Balaban J connectivity index is 1.35. The quantitative estimate of drug-likeness (QED) is 0.647.